The maximum atomic E-state index is 5.44. The first-order chi connectivity index (χ1) is 7.88. The molecule has 1 atom stereocenters. The highest BCUT2D eigenvalue weighted by Gasteiger charge is 2.22. The molecule has 0 saturated heterocycles. The second kappa shape index (κ2) is 6.09. The predicted octanol–water partition coefficient (Wildman–Crippen LogP) is 3.38. The molecule has 2 rings (SSSR count). The molecule has 0 amide bonds. The molecule has 90 valence electrons. The fourth-order valence-corrected chi connectivity index (χ4v) is 2.39. The van der Waals surface area contributed by atoms with Crippen LogP contribution in [-0.4, -0.2) is 12.6 Å². The Hall–Kier alpha value is -0.760. The van der Waals surface area contributed by atoms with E-state index in [1.54, 1.807) is 6.26 Å². The van der Waals surface area contributed by atoms with Gasteiger partial charge in [0.15, 0.2) is 0 Å². The average molecular weight is 221 g/mol. The van der Waals surface area contributed by atoms with E-state index in [4.69, 9.17) is 4.42 Å². The number of furan rings is 1. The van der Waals surface area contributed by atoms with Crippen LogP contribution in [0.3, 0.4) is 0 Å². The van der Waals surface area contributed by atoms with E-state index >= 15 is 0 Å². The van der Waals surface area contributed by atoms with E-state index in [-0.39, 0.29) is 0 Å². The summed E-state index contributed by atoms with van der Waals surface area (Å²) in [4.78, 5) is 0. The van der Waals surface area contributed by atoms with Crippen molar-refractivity contribution in [1.82, 2.24) is 5.32 Å². The summed E-state index contributed by atoms with van der Waals surface area (Å²) < 4.78 is 5.44. The molecule has 1 heterocycles. The first kappa shape index (κ1) is 11.7. The minimum atomic E-state index is 0.608. The third-order valence-electron chi connectivity index (χ3n) is 3.55. The standard InChI is InChI=1S/C14H23NO/c1-2-8-15-13(10-12-5-3-6-12)11-14-7-4-9-16-14/h4,7,9,12-13,15H,2-3,5-6,8,10-11H2,1H3. The zero-order valence-electron chi connectivity index (χ0n) is 10.2. The molecule has 1 aliphatic carbocycles. The lowest BCUT2D eigenvalue weighted by atomic mass is 9.80. The van der Waals surface area contributed by atoms with Crippen LogP contribution in [0.2, 0.25) is 0 Å². The Labute approximate surface area is 98.4 Å². The van der Waals surface area contributed by atoms with Crippen molar-refractivity contribution in [3.8, 4) is 0 Å². The Morgan fingerprint density at radius 1 is 1.50 bits per heavy atom. The van der Waals surface area contributed by atoms with Gasteiger partial charge in [0, 0.05) is 12.5 Å². The minimum absolute atomic E-state index is 0.608. The van der Waals surface area contributed by atoms with E-state index in [0.29, 0.717) is 6.04 Å². The van der Waals surface area contributed by atoms with Gasteiger partial charge in [-0.25, -0.2) is 0 Å². The molecule has 0 aromatic carbocycles. The van der Waals surface area contributed by atoms with Gasteiger partial charge in [-0.1, -0.05) is 26.2 Å². The molecule has 2 heteroatoms. The average Bonchev–Trinajstić information content (AvgIpc) is 2.72. The highest BCUT2D eigenvalue weighted by molar-refractivity contribution is 5.00. The molecular weight excluding hydrogens is 198 g/mol. The second-order valence-corrected chi connectivity index (χ2v) is 4.97. The normalized spacial score (nSPS) is 18.3. The first-order valence-electron chi connectivity index (χ1n) is 6.64. The van der Waals surface area contributed by atoms with E-state index in [1.165, 1.54) is 32.1 Å². The molecule has 1 aromatic heterocycles. The lowest BCUT2D eigenvalue weighted by Gasteiger charge is -2.30. The summed E-state index contributed by atoms with van der Waals surface area (Å²) in [7, 11) is 0. The second-order valence-electron chi connectivity index (χ2n) is 4.97. The van der Waals surface area contributed by atoms with Crippen LogP contribution in [-0.2, 0) is 6.42 Å². The van der Waals surface area contributed by atoms with Crippen molar-refractivity contribution in [3.05, 3.63) is 24.2 Å². The van der Waals surface area contributed by atoms with Crippen molar-refractivity contribution in [2.45, 2.75) is 51.5 Å². The monoisotopic (exact) mass is 221 g/mol. The fourth-order valence-electron chi connectivity index (χ4n) is 2.39. The summed E-state index contributed by atoms with van der Waals surface area (Å²) in [5.41, 5.74) is 0. The Kier molecular flexibility index (Phi) is 4.46. The number of hydrogen-bond donors (Lipinski definition) is 1. The Morgan fingerprint density at radius 2 is 2.38 bits per heavy atom. The number of nitrogens with one attached hydrogen (secondary N) is 1. The van der Waals surface area contributed by atoms with Crippen molar-refractivity contribution < 1.29 is 4.42 Å². The van der Waals surface area contributed by atoms with Gasteiger partial charge in [0.25, 0.3) is 0 Å². The van der Waals surface area contributed by atoms with E-state index in [1.807, 2.05) is 6.07 Å². The third kappa shape index (κ3) is 3.38. The van der Waals surface area contributed by atoms with E-state index < -0.39 is 0 Å². The van der Waals surface area contributed by atoms with Crippen molar-refractivity contribution in [2.75, 3.05) is 6.54 Å². The summed E-state index contributed by atoms with van der Waals surface area (Å²) in [6, 6.07) is 4.67. The van der Waals surface area contributed by atoms with Crippen LogP contribution in [0.15, 0.2) is 22.8 Å². The number of rotatable bonds is 7. The molecular formula is C14H23NO. The quantitative estimate of drug-likeness (QED) is 0.763. The Bertz CT molecular complexity index is 277. The van der Waals surface area contributed by atoms with Gasteiger partial charge in [-0.05, 0) is 37.4 Å². The summed E-state index contributed by atoms with van der Waals surface area (Å²) in [5.74, 6) is 2.08. The van der Waals surface area contributed by atoms with Crippen LogP contribution in [0.25, 0.3) is 0 Å². The third-order valence-corrected chi connectivity index (χ3v) is 3.55. The molecule has 16 heavy (non-hydrogen) atoms. The van der Waals surface area contributed by atoms with Crippen LogP contribution in [0.1, 0.15) is 44.8 Å². The molecule has 1 unspecified atom stereocenters. The molecule has 1 N–H and O–H groups in total. The lowest BCUT2D eigenvalue weighted by Crippen LogP contribution is -2.35. The van der Waals surface area contributed by atoms with Crippen molar-refractivity contribution in [3.63, 3.8) is 0 Å². The van der Waals surface area contributed by atoms with Crippen molar-refractivity contribution in [1.29, 1.82) is 0 Å². The molecule has 1 aliphatic rings. The molecule has 0 radical (unpaired) electrons. The van der Waals surface area contributed by atoms with Crippen LogP contribution in [0.5, 0.6) is 0 Å². The highest BCUT2D eigenvalue weighted by atomic mass is 16.3. The van der Waals surface area contributed by atoms with Crippen LogP contribution < -0.4 is 5.32 Å². The summed E-state index contributed by atoms with van der Waals surface area (Å²) >= 11 is 0. The zero-order valence-corrected chi connectivity index (χ0v) is 10.2. The topological polar surface area (TPSA) is 25.2 Å². The summed E-state index contributed by atoms with van der Waals surface area (Å²) in [6.07, 6.45) is 9.65. The smallest absolute Gasteiger partial charge is 0.105 e. The van der Waals surface area contributed by atoms with Gasteiger partial charge in [0.05, 0.1) is 6.26 Å². The molecule has 0 bridgehead atoms. The van der Waals surface area contributed by atoms with Gasteiger partial charge in [-0.15, -0.1) is 0 Å². The predicted molar refractivity (Wildman–Crippen MR) is 66.5 cm³/mol. The SMILES string of the molecule is CCCNC(Cc1ccco1)CC1CCC1. The van der Waals surface area contributed by atoms with Gasteiger partial charge < -0.3 is 9.73 Å². The van der Waals surface area contributed by atoms with Gasteiger partial charge in [-0.3, -0.25) is 0 Å². The highest BCUT2D eigenvalue weighted by Crippen LogP contribution is 2.31. The van der Waals surface area contributed by atoms with Crippen LogP contribution in [0.4, 0.5) is 0 Å². The number of hydrogen-bond acceptors (Lipinski definition) is 2. The van der Waals surface area contributed by atoms with E-state index in [9.17, 15) is 0 Å². The molecule has 1 aromatic rings. The summed E-state index contributed by atoms with van der Waals surface area (Å²) in [6.45, 7) is 3.35. The molecule has 1 fully saturated rings. The fraction of sp³-hybridized carbons (Fsp3) is 0.714. The molecule has 0 aliphatic heterocycles. The van der Waals surface area contributed by atoms with Crippen molar-refractivity contribution in [2.24, 2.45) is 5.92 Å². The Morgan fingerprint density at radius 3 is 2.94 bits per heavy atom. The maximum absolute atomic E-state index is 5.44. The molecule has 1 saturated carbocycles. The van der Waals surface area contributed by atoms with Crippen LogP contribution >= 0.6 is 0 Å². The Balaban J connectivity index is 1.80. The van der Waals surface area contributed by atoms with Gasteiger partial charge in [0.2, 0.25) is 0 Å². The molecule has 0 spiro atoms. The first-order valence-corrected chi connectivity index (χ1v) is 6.64. The minimum Gasteiger partial charge on any atom is -0.469 e. The van der Waals surface area contributed by atoms with Gasteiger partial charge in [-0.2, -0.15) is 0 Å². The van der Waals surface area contributed by atoms with Gasteiger partial charge in [0.1, 0.15) is 5.76 Å². The largest absolute Gasteiger partial charge is 0.469 e. The van der Waals surface area contributed by atoms with Gasteiger partial charge >= 0.3 is 0 Å². The van der Waals surface area contributed by atoms with Crippen LogP contribution in [0, 0.1) is 5.92 Å². The van der Waals surface area contributed by atoms with E-state index in [2.05, 4.69) is 18.3 Å². The maximum Gasteiger partial charge on any atom is 0.105 e. The van der Waals surface area contributed by atoms with E-state index in [0.717, 1.165) is 24.6 Å². The summed E-state index contributed by atoms with van der Waals surface area (Å²) in [5, 5.41) is 3.65. The lowest BCUT2D eigenvalue weighted by molar-refractivity contribution is 0.254. The zero-order chi connectivity index (χ0) is 11.2. The molecule has 2 nitrogen and oxygen atoms in total. The van der Waals surface area contributed by atoms with Crippen molar-refractivity contribution >= 4 is 0 Å².